The van der Waals surface area contributed by atoms with Crippen LogP contribution in [0, 0.1) is 16.0 Å². The molecule has 12 heteroatoms. The molecule has 0 bridgehead atoms. The number of nitro groups is 1. The summed E-state index contributed by atoms with van der Waals surface area (Å²) in [7, 11) is 3.25. The zero-order chi connectivity index (χ0) is 23.6. The summed E-state index contributed by atoms with van der Waals surface area (Å²) in [5.41, 5.74) is 1.05. The van der Waals surface area contributed by atoms with E-state index in [-0.39, 0.29) is 11.3 Å². The second-order valence-corrected chi connectivity index (χ2v) is 8.30. The van der Waals surface area contributed by atoms with E-state index >= 15 is 0 Å². The van der Waals surface area contributed by atoms with Crippen molar-refractivity contribution in [1.82, 2.24) is 15.8 Å². The zero-order valence-electron chi connectivity index (χ0n) is 18.0. The number of benzene rings is 1. The Kier molecular flexibility index (Phi) is 6.32. The second kappa shape index (κ2) is 8.81. The lowest BCUT2D eigenvalue weighted by molar-refractivity contribution is -0.384. The van der Waals surface area contributed by atoms with Crippen LogP contribution >= 0.6 is 0 Å². The van der Waals surface area contributed by atoms with Crippen molar-refractivity contribution in [1.29, 1.82) is 0 Å². The number of nitrogens with one attached hydrogen (secondary N) is 2. The summed E-state index contributed by atoms with van der Waals surface area (Å²) >= 11 is 0. The number of hydrogen-bond donors (Lipinski definition) is 2. The lowest BCUT2D eigenvalue weighted by atomic mass is 9.77. The van der Waals surface area contributed by atoms with Crippen molar-refractivity contribution in [2.45, 2.75) is 38.1 Å². The molecule has 0 radical (unpaired) electrons. The third-order valence-corrected chi connectivity index (χ3v) is 5.75. The van der Waals surface area contributed by atoms with Crippen molar-refractivity contribution in [2.24, 2.45) is 5.92 Å². The highest BCUT2D eigenvalue weighted by Gasteiger charge is 2.52. The van der Waals surface area contributed by atoms with Gasteiger partial charge in [-0.2, -0.15) is 5.01 Å². The number of hydrazine groups is 1. The predicted molar refractivity (Wildman–Crippen MR) is 112 cm³/mol. The highest BCUT2D eigenvalue weighted by atomic mass is 16.6. The summed E-state index contributed by atoms with van der Waals surface area (Å²) in [6, 6.07) is 3.06. The third-order valence-electron chi connectivity index (χ3n) is 5.75. The van der Waals surface area contributed by atoms with Gasteiger partial charge in [0, 0.05) is 20.2 Å². The van der Waals surface area contributed by atoms with Crippen LogP contribution < -0.4 is 15.6 Å². The van der Waals surface area contributed by atoms with E-state index < -0.39 is 40.9 Å². The Morgan fingerprint density at radius 1 is 1.31 bits per heavy atom. The summed E-state index contributed by atoms with van der Waals surface area (Å²) < 4.78 is 4.90. The molecule has 2 fully saturated rings. The van der Waals surface area contributed by atoms with Gasteiger partial charge >= 0.3 is 12.0 Å². The molecule has 0 unspecified atom stereocenters. The van der Waals surface area contributed by atoms with Crippen molar-refractivity contribution < 1.29 is 28.8 Å². The van der Waals surface area contributed by atoms with Crippen LogP contribution in [-0.2, 0) is 14.3 Å². The van der Waals surface area contributed by atoms with Crippen LogP contribution in [0.4, 0.5) is 16.2 Å². The number of amides is 4. The monoisotopic (exact) mass is 447 g/mol. The van der Waals surface area contributed by atoms with Crippen molar-refractivity contribution in [3.05, 3.63) is 33.9 Å². The average molecular weight is 447 g/mol. The summed E-state index contributed by atoms with van der Waals surface area (Å²) in [5, 5.41) is 14.5. The van der Waals surface area contributed by atoms with E-state index in [0.29, 0.717) is 29.5 Å². The quantitative estimate of drug-likeness (QED) is 0.287. The molecule has 0 atom stereocenters. The number of carbonyl (C=O) groups is 4. The van der Waals surface area contributed by atoms with Crippen LogP contribution in [0.15, 0.2) is 18.2 Å². The molecule has 1 aromatic rings. The van der Waals surface area contributed by atoms with Gasteiger partial charge in [-0.3, -0.25) is 25.1 Å². The Morgan fingerprint density at radius 2 is 1.97 bits per heavy atom. The lowest BCUT2D eigenvalue weighted by Crippen LogP contribution is -2.52. The van der Waals surface area contributed by atoms with Crippen LogP contribution in [0.5, 0.6) is 0 Å². The molecule has 1 heterocycles. The Labute approximate surface area is 184 Å². The number of rotatable bonds is 6. The fourth-order valence-electron chi connectivity index (χ4n) is 3.86. The largest absolute Gasteiger partial charge is 0.452 e. The van der Waals surface area contributed by atoms with E-state index in [0.717, 1.165) is 18.9 Å². The van der Waals surface area contributed by atoms with E-state index in [2.05, 4.69) is 17.7 Å². The number of esters is 1. The fraction of sp³-hybridized carbons (Fsp3) is 0.500. The van der Waals surface area contributed by atoms with E-state index in [1.807, 2.05) is 0 Å². The van der Waals surface area contributed by atoms with Crippen LogP contribution in [-0.4, -0.2) is 60.0 Å². The number of hydrogen-bond acceptors (Lipinski definition) is 8. The van der Waals surface area contributed by atoms with Gasteiger partial charge in [-0.1, -0.05) is 6.92 Å². The number of ether oxygens (including phenoxy) is 1. The molecule has 4 amide bonds. The van der Waals surface area contributed by atoms with Gasteiger partial charge in [-0.25, -0.2) is 9.59 Å². The highest BCUT2D eigenvalue weighted by molar-refractivity contribution is 6.08. The predicted octanol–water partition coefficient (Wildman–Crippen LogP) is 1.35. The van der Waals surface area contributed by atoms with Gasteiger partial charge in [-0.05, 0) is 43.7 Å². The molecule has 2 aliphatic rings. The maximum absolute atomic E-state index is 12.7. The van der Waals surface area contributed by atoms with Crippen LogP contribution in [0.2, 0.25) is 0 Å². The van der Waals surface area contributed by atoms with Gasteiger partial charge < -0.3 is 15.0 Å². The molecule has 172 valence electrons. The smallest absolute Gasteiger partial charge is 0.344 e. The summed E-state index contributed by atoms with van der Waals surface area (Å²) in [5.74, 6) is -1.93. The van der Waals surface area contributed by atoms with E-state index in [4.69, 9.17) is 4.74 Å². The molecule has 1 saturated heterocycles. The molecule has 12 nitrogen and oxygen atoms in total. The Balaban J connectivity index is 1.60. The molecule has 0 aromatic heterocycles. The van der Waals surface area contributed by atoms with Gasteiger partial charge in [0.15, 0.2) is 6.61 Å². The number of carbonyl (C=O) groups excluding carboxylic acids is 4. The third kappa shape index (κ3) is 4.48. The molecule has 2 N–H and O–H groups in total. The average Bonchev–Trinajstić information content (AvgIpc) is 2.97. The summed E-state index contributed by atoms with van der Waals surface area (Å²) in [6.07, 6.45) is 2.54. The van der Waals surface area contributed by atoms with Gasteiger partial charge in [0.25, 0.3) is 17.5 Å². The highest BCUT2D eigenvalue weighted by Crippen LogP contribution is 2.35. The topological polar surface area (TPSA) is 151 Å². The maximum atomic E-state index is 12.7. The molecule has 1 aliphatic heterocycles. The van der Waals surface area contributed by atoms with Gasteiger partial charge in [-0.15, -0.1) is 0 Å². The van der Waals surface area contributed by atoms with Gasteiger partial charge in [0.2, 0.25) is 0 Å². The minimum atomic E-state index is -1.01. The Morgan fingerprint density at radius 3 is 2.56 bits per heavy atom. The maximum Gasteiger partial charge on any atom is 0.344 e. The molecule has 1 saturated carbocycles. The first kappa shape index (κ1) is 23.0. The fourth-order valence-corrected chi connectivity index (χ4v) is 3.86. The van der Waals surface area contributed by atoms with Crippen molar-refractivity contribution in [2.75, 3.05) is 25.6 Å². The number of nitro benzene ring substituents is 1. The van der Waals surface area contributed by atoms with E-state index in [9.17, 15) is 29.3 Å². The first-order chi connectivity index (χ1) is 15.0. The van der Waals surface area contributed by atoms with Crippen LogP contribution in [0.25, 0.3) is 0 Å². The number of imide groups is 1. The number of nitrogens with zero attached hydrogens (tertiary/aromatic N) is 3. The van der Waals surface area contributed by atoms with Gasteiger partial charge in [0.1, 0.15) is 11.2 Å². The van der Waals surface area contributed by atoms with Gasteiger partial charge in [0.05, 0.1) is 10.5 Å². The van der Waals surface area contributed by atoms with Crippen molar-refractivity contribution in [3.8, 4) is 0 Å². The van der Waals surface area contributed by atoms with Crippen molar-refractivity contribution >= 4 is 35.2 Å². The summed E-state index contributed by atoms with van der Waals surface area (Å²) in [6.45, 7) is 1.30. The molecule has 32 heavy (non-hydrogen) atoms. The number of urea groups is 1. The Hall–Kier alpha value is -3.70. The molecule has 3 rings (SSSR count). The SMILES string of the molecule is CC1CCC2(CC1)NC(=O)N(NC(=O)COC(=O)c1ccc(N(C)C)c([N+](=O)[O-])c1)C2=O. The normalized spacial score (nSPS) is 22.5. The summed E-state index contributed by atoms with van der Waals surface area (Å²) in [4.78, 5) is 61.6. The first-order valence-electron chi connectivity index (χ1n) is 10.1. The Bertz CT molecular complexity index is 969. The van der Waals surface area contributed by atoms with E-state index in [1.165, 1.54) is 17.0 Å². The number of anilines is 1. The first-order valence-corrected chi connectivity index (χ1v) is 10.1. The molecule has 1 aliphatic carbocycles. The minimum Gasteiger partial charge on any atom is -0.452 e. The molecular weight excluding hydrogens is 422 g/mol. The standard InChI is InChI=1S/C20H25N5O7/c1-12-6-8-20(9-7-12)18(28)24(19(29)21-20)22-16(26)11-32-17(27)13-4-5-14(23(2)3)15(10-13)25(30)31/h4-5,10,12H,6-9,11H2,1-3H3,(H,21,29)(H,22,26). The molecule has 1 aromatic carbocycles. The zero-order valence-corrected chi connectivity index (χ0v) is 18.0. The second-order valence-electron chi connectivity index (χ2n) is 8.30. The van der Waals surface area contributed by atoms with E-state index in [1.54, 1.807) is 14.1 Å². The minimum absolute atomic E-state index is 0.111. The molecule has 1 spiro atoms. The van der Waals surface area contributed by atoms with Crippen LogP contribution in [0.1, 0.15) is 43.0 Å². The molecular formula is C20H25N5O7. The lowest BCUT2D eigenvalue weighted by Gasteiger charge is -2.33. The van der Waals surface area contributed by atoms with Crippen molar-refractivity contribution in [3.63, 3.8) is 0 Å². The van der Waals surface area contributed by atoms with Crippen LogP contribution in [0.3, 0.4) is 0 Å².